The van der Waals surface area contributed by atoms with Gasteiger partial charge >= 0.3 is 5.97 Å². The van der Waals surface area contributed by atoms with Gasteiger partial charge in [0.2, 0.25) is 0 Å². The number of hydrogen-bond donors (Lipinski definition) is 0. The maximum Gasteiger partial charge on any atom is 0.339 e. The first-order valence-electron chi connectivity index (χ1n) is 5.56. The van der Waals surface area contributed by atoms with E-state index in [1.807, 2.05) is 0 Å². The number of rotatable bonds is 3. The average molecular weight is 263 g/mol. The molecular formula is C14H11F2NO2. The maximum absolute atomic E-state index is 13.1. The highest BCUT2D eigenvalue weighted by Gasteiger charge is 2.12. The number of aromatic nitrogens is 1. The van der Waals surface area contributed by atoms with E-state index in [1.165, 1.54) is 31.6 Å². The minimum absolute atomic E-state index is 0.224. The molecule has 2 aromatic rings. The molecule has 0 aliphatic carbocycles. The first-order valence-corrected chi connectivity index (χ1v) is 5.56. The van der Waals surface area contributed by atoms with Crippen molar-refractivity contribution < 1.29 is 18.3 Å². The highest BCUT2D eigenvalue weighted by atomic mass is 19.1. The van der Waals surface area contributed by atoms with E-state index in [2.05, 4.69) is 9.72 Å². The van der Waals surface area contributed by atoms with E-state index in [0.717, 1.165) is 6.07 Å². The highest BCUT2D eigenvalue weighted by molar-refractivity contribution is 5.90. The van der Waals surface area contributed by atoms with Crippen molar-refractivity contribution in [2.45, 2.75) is 6.42 Å². The molecule has 0 N–H and O–H groups in total. The fraction of sp³-hybridized carbons (Fsp3) is 0.143. The lowest BCUT2D eigenvalue weighted by atomic mass is 10.0. The number of carbonyl (C=O) groups is 1. The van der Waals surface area contributed by atoms with Crippen molar-refractivity contribution in [1.29, 1.82) is 0 Å². The lowest BCUT2D eigenvalue weighted by Crippen LogP contribution is -2.07. The van der Waals surface area contributed by atoms with Crippen LogP contribution in [0.3, 0.4) is 0 Å². The highest BCUT2D eigenvalue weighted by Crippen LogP contribution is 2.16. The number of carbonyl (C=O) groups excluding carboxylic acids is 1. The Hall–Kier alpha value is -2.30. The molecule has 1 aromatic carbocycles. The molecule has 0 aliphatic heterocycles. The molecule has 0 saturated carbocycles. The van der Waals surface area contributed by atoms with Crippen LogP contribution >= 0.6 is 0 Å². The van der Waals surface area contributed by atoms with E-state index in [9.17, 15) is 13.6 Å². The third-order valence-electron chi connectivity index (χ3n) is 2.63. The van der Waals surface area contributed by atoms with E-state index in [-0.39, 0.29) is 12.0 Å². The molecule has 3 nitrogen and oxygen atoms in total. The second-order valence-corrected chi connectivity index (χ2v) is 3.98. The van der Waals surface area contributed by atoms with Crippen LogP contribution in [0.2, 0.25) is 0 Å². The normalized spacial score (nSPS) is 10.3. The summed E-state index contributed by atoms with van der Waals surface area (Å²) in [7, 11) is 1.26. The number of methoxy groups -OCH3 is 1. The Bertz CT molecular complexity index is 594. The summed E-state index contributed by atoms with van der Waals surface area (Å²) in [6, 6.07) is 4.88. The Labute approximate surface area is 108 Å². The van der Waals surface area contributed by atoms with Crippen LogP contribution in [0.15, 0.2) is 36.7 Å². The van der Waals surface area contributed by atoms with Gasteiger partial charge in [0.25, 0.3) is 0 Å². The molecule has 0 radical (unpaired) electrons. The lowest BCUT2D eigenvalue weighted by molar-refractivity contribution is 0.0599. The average Bonchev–Trinajstić information content (AvgIpc) is 2.37. The summed E-state index contributed by atoms with van der Waals surface area (Å²) in [5, 5.41) is 0. The van der Waals surface area contributed by atoms with Crippen molar-refractivity contribution in [2.24, 2.45) is 0 Å². The van der Waals surface area contributed by atoms with Crippen molar-refractivity contribution in [2.75, 3.05) is 7.11 Å². The molecule has 0 bridgehead atoms. The Morgan fingerprint density at radius 1 is 1.26 bits per heavy atom. The van der Waals surface area contributed by atoms with Gasteiger partial charge in [-0.2, -0.15) is 0 Å². The fourth-order valence-electron chi connectivity index (χ4n) is 1.80. The molecule has 0 saturated heterocycles. The second-order valence-electron chi connectivity index (χ2n) is 3.98. The number of esters is 1. The van der Waals surface area contributed by atoms with Crippen LogP contribution < -0.4 is 0 Å². The lowest BCUT2D eigenvalue weighted by Gasteiger charge is -2.07. The SMILES string of the molecule is COC(=O)c1cnccc1Cc1cc(F)cc(F)c1. The van der Waals surface area contributed by atoms with Crippen LogP contribution in [0.1, 0.15) is 21.5 Å². The van der Waals surface area contributed by atoms with Gasteiger partial charge in [-0.05, 0) is 35.7 Å². The molecule has 1 aromatic heterocycles. The smallest absolute Gasteiger partial charge is 0.339 e. The Morgan fingerprint density at radius 2 is 1.95 bits per heavy atom. The number of nitrogens with zero attached hydrogens (tertiary/aromatic N) is 1. The van der Waals surface area contributed by atoms with Gasteiger partial charge in [0.15, 0.2) is 0 Å². The molecule has 2 rings (SSSR count). The quantitative estimate of drug-likeness (QED) is 0.799. The van der Waals surface area contributed by atoms with E-state index < -0.39 is 17.6 Å². The molecule has 5 heteroatoms. The molecule has 0 fully saturated rings. The van der Waals surface area contributed by atoms with Crippen molar-refractivity contribution in [3.05, 3.63) is 65.0 Å². The summed E-state index contributed by atoms with van der Waals surface area (Å²) >= 11 is 0. The zero-order valence-electron chi connectivity index (χ0n) is 10.2. The van der Waals surface area contributed by atoms with Gasteiger partial charge in [0, 0.05) is 18.5 Å². The maximum atomic E-state index is 13.1. The van der Waals surface area contributed by atoms with Crippen LogP contribution in [-0.2, 0) is 11.2 Å². The van der Waals surface area contributed by atoms with Crippen molar-refractivity contribution in [3.63, 3.8) is 0 Å². The molecule has 0 aliphatic rings. The molecular weight excluding hydrogens is 252 g/mol. The topological polar surface area (TPSA) is 39.2 Å². The molecule has 0 unspecified atom stereocenters. The minimum Gasteiger partial charge on any atom is -0.465 e. The monoisotopic (exact) mass is 263 g/mol. The van der Waals surface area contributed by atoms with E-state index in [4.69, 9.17) is 0 Å². The molecule has 0 spiro atoms. The first-order chi connectivity index (χ1) is 9.10. The molecule has 0 atom stereocenters. The van der Waals surface area contributed by atoms with Crippen LogP contribution in [0.25, 0.3) is 0 Å². The van der Waals surface area contributed by atoms with Gasteiger partial charge in [-0.25, -0.2) is 13.6 Å². The Kier molecular flexibility index (Phi) is 3.85. The third-order valence-corrected chi connectivity index (χ3v) is 2.63. The minimum atomic E-state index is -0.649. The number of hydrogen-bond acceptors (Lipinski definition) is 3. The fourth-order valence-corrected chi connectivity index (χ4v) is 1.80. The van der Waals surface area contributed by atoms with Gasteiger partial charge < -0.3 is 4.74 Å². The van der Waals surface area contributed by atoms with Crippen LogP contribution in [0.4, 0.5) is 8.78 Å². The summed E-state index contributed by atoms with van der Waals surface area (Å²) in [5.41, 5.74) is 1.33. The largest absolute Gasteiger partial charge is 0.465 e. The molecule has 0 amide bonds. The number of pyridine rings is 1. The molecule has 19 heavy (non-hydrogen) atoms. The van der Waals surface area contributed by atoms with Gasteiger partial charge in [0.1, 0.15) is 11.6 Å². The van der Waals surface area contributed by atoms with Crippen molar-refractivity contribution in [1.82, 2.24) is 4.98 Å². The Balaban J connectivity index is 2.35. The van der Waals surface area contributed by atoms with E-state index in [1.54, 1.807) is 6.07 Å². The van der Waals surface area contributed by atoms with Crippen LogP contribution in [-0.4, -0.2) is 18.1 Å². The molecule has 1 heterocycles. The number of halogens is 2. The summed E-state index contributed by atoms with van der Waals surface area (Å²) in [6.07, 6.45) is 3.11. The summed E-state index contributed by atoms with van der Waals surface area (Å²) in [4.78, 5) is 15.4. The predicted molar refractivity (Wildman–Crippen MR) is 64.7 cm³/mol. The van der Waals surface area contributed by atoms with Gasteiger partial charge in [-0.3, -0.25) is 4.98 Å². The third kappa shape index (κ3) is 3.13. The van der Waals surface area contributed by atoms with Gasteiger partial charge in [0.05, 0.1) is 12.7 Å². The van der Waals surface area contributed by atoms with Crippen LogP contribution in [0.5, 0.6) is 0 Å². The van der Waals surface area contributed by atoms with Crippen molar-refractivity contribution in [3.8, 4) is 0 Å². The number of ether oxygens (including phenoxy) is 1. The summed E-state index contributed by atoms with van der Waals surface area (Å²) in [6.45, 7) is 0. The standard InChI is InChI=1S/C14H11F2NO2/c1-19-14(18)13-8-17-3-2-10(13)4-9-5-11(15)7-12(16)6-9/h2-3,5-8H,4H2,1H3. The predicted octanol–water partition coefficient (Wildman–Crippen LogP) is 2.74. The second kappa shape index (κ2) is 5.56. The summed E-state index contributed by atoms with van der Waals surface area (Å²) in [5.74, 6) is -1.83. The Morgan fingerprint density at radius 3 is 2.58 bits per heavy atom. The number of benzene rings is 1. The zero-order chi connectivity index (χ0) is 13.8. The van der Waals surface area contributed by atoms with Gasteiger partial charge in [-0.1, -0.05) is 0 Å². The van der Waals surface area contributed by atoms with Crippen LogP contribution in [0, 0.1) is 11.6 Å². The van der Waals surface area contributed by atoms with E-state index in [0.29, 0.717) is 11.1 Å². The zero-order valence-corrected chi connectivity index (χ0v) is 10.2. The summed E-state index contributed by atoms with van der Waals surface area (Å²) < 4.78 is 30.9. The molecule has 98 valence electrons. The van der Waals surface area contributed by atoms with Gasteiger partial charge in [-0.15, -0.1) is 0 Å². The van der Waals surface area contributed by atoms with Crippen molar-refractivity contribution >= 4 is 5.97 Å². The first kappa shape index (κ1) is 13.1. The van der Waals surface area contributed by atoms with E-state index >= 15 is 0 Å².